The summed E-state index contributed by atoms with van der Waals surface area (Å²) in [6.07, 6.45) is 6.26. The molecule has 176 valence electrons. The van der Waals surface area contributed by atoms with Gasteiger partial charge >= 0.3 is 0 Å². The number of likely N-dealkylation sites (tertiary alicyclic amines) is 1. The number of aliphatic imine (C=N–C) groups is 1. The van der Waals surface area contributed by atoms with Gasteiger partial charge in [0.05, 0.1) is 13.2 Å². The molecule has 7 nitrogen and oxygen atoms in total. The summed E-state index contributed by atoms with van der Waals surface area (Å²) in [7, 11) is 3.50. The molecule has 2 heterocycles. The van der Waals surface area contributed by atoms with E-state index in [9.17, 15) is 4.79 Å². The molecule has 1 aliphatic heterocycles. The number of guanidine groups is 1. The number of rotatable bonds is 10. The van der Waals surface area contributed by atoms with Crippen LogP contribution in [0.4, 0.5) is 0 Å². The van der Waals surface area contributed by atoms with Crippen molar-refractivity contribution in [3.8, 4) is 5.75 Å². The van der Waals surface area contributed by atoms with E-state index in [-0.39, 0.29) is 29.5 Å². The third kappa shape index (κ3) is 7.81. The molecule has 1 aromatic heterocycles. The summed E-state index contributed by atoms with van der Waals surface area (Å²) in [6.45, 7) is 4.61. The van der Waals surface area contributed by atoms with Crippen LogP contribution in [0.1, 0.15) is 37.3 Å². The van der Waals surface area contributed by atoms with E-state index >= 15 is 0 Å². The van der Waals surface area contributed by atoms with E-state index in [1.807, 2.05) is 24.4 Å². The van der Waals surface area contributed by atoms with E-state index in [4.69, 9.17) is 4.74 Å². The van der Waals surface area contributed by atoms with Crippen molar-refractivity contribution in [1.82, 2.24) is 20.1 Å². The fraction of sp³-hybridized carbons (Fsp3) is 0.500. The summed E-state index contributed by atoms with van der Waals surface area (Å²) in [6, 6.07) is 14.0. The van der Waals surface area contributed by atoms with Crippen LogP contribution in [0, 0.1) is 0 Å². The van der Waals surface area contributed by atoms with Gasteiger partial charge in [0, 0.05) is 38.9 Å². The topological polar surface area (TPSA) is 70.9 Å². The highest BCUT2D eigenvalue weighted by Crippen LogP contribution is 2.26. The Labute approximate surface area is 208 Å². The van der Waals surface area contributed by atoms with Gasteiger partial charge in [-0.1, -0.05) is 18.2 Å². The first-order valence-electron chi connectivity index (χ1n) is 11.2. The van der Waals surface area contributed by atoms with Crippen LogP contribution in [-0.4, -0.2) is 55.8 Å². The Morgan fingerprint density at radius 3 is 2.50 bits per heavy atom. The van der Waals surface area contributed by atoms with Crippen molar-refractivity contribution in [3.05, 3.63) is 64.6 Å². The van der Waals surface area contributed by atoms with Crippen LogP contribution >= 0.6 is 24.0 Å². The fourth-order valence-electron chi connectivity index (χ4n) is 4.01. The molecular formula is C24H36IN5O2. The molecule has 8 heteroatoms. The Morgan fingerprint density at radius 1 is 1.09 bits per heavy atom. The first-order chi connectivity index (χ1) is 15.2. The zero-order chi connectivity index (χ0) is 21.9. The third-order valence-electron chi connectivity index (χ3n) is 5.79. The summed E-state index contributed by atoms with van der Waals surface area (Å²) in [5.74, 6) is 1.70. The maximum atomic E-state index is 11.8. The molecule has 0 radical (unpaired) electrons. The lowest BCUT2D eigenvalue weighted by molar-refractivity contribution is 0.245. The van der Waals surface area contributed by atoms with Gasteiger partial charge in [0.1, 0.15) is 5.75 Å². The molecule has 0 amide bonds. The molecule has 0 saturated carbocycles. The highest BCUT2D eigenvalue weighted by atomic mass is 127. The molecule has 1 aromatic carbocycles. The summed E-state index contributed by atoms with van der Waals surface area (Å²) < 4.78 is 7.06. The lowest BCUT2D eigenvalue weighted by Gasteiger charge is -2.29. The molecule has 1 fully saturated rings. The second-order valence-corrected chi connectivity index (χ2v) is 7.85. The highest BCUT2D eigenvalue weighted by molar-refractivity contribution is 14.0. The number of methoxy groups -OCH3 is 1. The molecule has 0 bridgehead atoms. The molecule has 3 rings (SSSR count). The molecule has 0 spiro atoms. The van der Waals surface area contributed by atoms with Crippen LogP contribution in [0.25, 0.3) is 0 Å². The monoisotopic (exact) mass is 553 g/mol. The Bertz CT molecular complexity index is 878. The molecule has 1 saturated heterocycles. The minimum Gasteiger partial charge on any atom is -0.497 e. The summed E-state index contributed by atoms with van der Waals surface area (Å²) in [5, 5.41) is 6.90. The maximum Gasteiger partial charge on any atom is 0.250 e. The van der Waals surface area contributed by atoms with E-state index in [1.54, 1.807) is 30.9 Å². The van der Waals surface area contributed by atoms with E-state index in [0.29, 0.717) is 6.04 Å². The quantitative estimate of drug-likeness (QED) is 0.205. The van der Waals surface area contributed by atoms with Gasteiger partial charge in [-0.2, -0.15) is 0 Å². The van der Waals surface area contributed by atoms with Gasteiger partial charge in [0.25, 0.3) is 0 Å². The van der Waals surface area contributed by atoms with Gasteiger partial charge in [-0.3, -0.25) is 14.7 Å². The molecule has 1 aliphatic rings. The summed E-state index contributed by atoms with van der Waals surface area (Å²) in [5.41, 5.74) is 1.35. The Kier molecular flexibility index (Phi) is 11.6. The van der Waals surface area contributed by atoms with Crippen molar-refractivity contribution >= 4 is 29.9 Å². The summed E-state index contributed by atoms with van der Waals surface area (Å²) >= 11 is 0. The SMILES string of the molecule is CN=C(NCCCCn1ccccc1=O)NCC(c1ccc(OC)cc1)N1CCCC1.I. The average molecular weight is 553 g/mol. The molecule has 32 heavy (non-hydrogen) atoms. The largest absolute Gasteiger partial charge is 0.497 e. The van der Waals surface area contributed by atoms with Crippen molar-refractivity contribution in [3.63, 3.8) is 0 Å². The van der Waals surface area contributed by atoms with Crippen molar-refractivity contribution in [2.45, 2.75) is 38.3 Å². The van der Waals surface area contributed by atoms with Crippen molar-refractivity contribution in [1.29, 1.82) is 0 Å². The van der Waals surface area contributed by atoms with Crippen LogP contribution in [0.2, 0.25) is 0 Å². The number of aryl methyl sites for hydroxylation is 1. The van der Waals surface area contributed by atoms with Gasteiger partial charge in [-0.05, 0) is 62.5 Å². The molecule has 1 unspecified atom stereocenters. The zero-order valence-electron chi connectivity index (χ0n) is 19.1. The number of hydrogen-bond donors (Lipinski definition) is 2. The van der Waals surface area contributed by atoms with Crippen LogP contribution < -0.4 is 20.9 Å². The molecule has 1 atom stereocenters. The number of pyridine rings is 1. The number of benzene rings is 1. The average Bonchev–Trinajstić information content (AvgIpc) is 3.34. The fourth-order valence-corrected chi connectivity index (χ4v) is 4.01. The smallest absolute Gasteiger partial charge is 0.250 e. The lowest BCUT2D eigenvalue weighted by atomic mass is 10.1. The second-order valence-electron chi connectivity index (χ2n) is 7.85. The first kappa shape index (κ1) is 26.2. The van der Waals surface area contributed by atoms with E-state index in [2.05, 4.69) is 32.7 Å². The Morgan fingerprint density at radius 2 is 1.84 bits per heavy atom. The van der Waals surface area contributed by atoms with Gasteiger partial charge in [-0.15, -0.1) is 24.0 Å². The van der Waals surface area contributed by atoms with Crippen LogP contribution in [0.15, 0.2) is 58.4 Å². The number of hydrogen-bond acceptors (Lipinski definition) is 4. The van der Waals surface area contributed by atoms with Crippen LogP contribution in [-0.2, 0) is 6.54 Å². The van der Waals surface area contributed by atoms with Crippen LogP contribution in [0.5, 0.6) is 5.75 Å². The molecule has 0 aliphatic carbocycles. The lowest BCUT2D eigenvalue weighted by Crippen LogP contribution is -2.43. The van der Waals surface area contributed by atoms with Gasteiger partial charge in [0.2, 0.25) is 5.56 Å². The zero-order valence-corrected chi connectivity index (χ0v) is 21.5. The second kappa shape index (κ2) is 14.2. The predicted octanol–water partition coefficient (Wildman–Crippen LogP) is 3.26. The predicted molar refractivity (Wildman–Crippen MR) is 141 cm³/mol. The number of nitrogens with one attached hydrogen (secondary N) is 2. The van der Waals surface area contributed by atoms with Gasteiger partial charge in [0.15, 0.2) is 5.96 Å². The number of nitrogens with zero attached hydrogens (tertiary/aromatic N) is 3. The van der Waals surface area contributed by atoms with Crippen molar-refractivity contribution in [2.24, 2.45) is 4.99 Å². The number of ether oxygens (including phenoxy) is 1. The van der Waals surface area contributed by atoms with E-state index in [1.165, 1.54) is 18.4 Å². The van der Waals surface area contributed by atoms with Crippen molar-refractivity contribution in [2.75, 3.05) is 40.3 Å². The molecule has 2 N–H and O–H groups in total. The Hall–Kier alpha value is -2.07. The number of unbranched alkanes of at least 4 members (excludes halogenated alkanes) is 1. The van der Waals surface area contributed by atoms with Crippen LogP contribution in [0.3, 0.4) is 0 Å². The standard InChI is InChI=1S/C24H35N5O2.HI/c1-25-24(26-14-4-6-18-29-17-5-3-9-23(29)30)27-19-22(28-15-7-8-16-28)20-10-12-21(31-2)13-11-20;/h3,5,9-13,17,22H,4,6-8,14-16,18-19H2,1-2H3,(H2,25,26,27);1H. The van der Waals surface area contributed by atoms with E-state index < -0.39 is 0 Å². The normalized spacial score (nSPS) is 15.1. The Balaban J connectivity index is 0.00000363. The molecule has 2 aromatic rings. The third-order valence-corrected chi connectivity index (χ3v) is 5.79. The molecular weight excluding hydrogens is 517 g/mol. The number of halogens is 1. The minimum absolute atomic E-state index is 0. The highest BCUT2D eigenvalue weighted by Gasteiger charge is 2.23. The minimum atomic E-state index is 0. The van der Waals surface area contributed by atoms with Crippen molar-refractivity contribution < 1.29 is 4.74 Å². The number of aromatic nitrogens is 1. The van der Waals surface area contributed by atoms with E-state index in [0.717, 1.165) is 57.3 Å². The maximum absolute atomic E-state index is 11.8. The van der Waals surface area contributed by atoms with Gasteiger partial charge in [-0.25, -0.2) is 0 Å². The summed E-state index contributed by atoms with van der Waals surface area (Å²) in [4.78, 5) is 18.7. The van der Waals surface area contributed by atoms with Gasteiger partial charge < -0.3 is 19.9 Å². The first-order valence-corrected chi connectivity index (χ1v) is 11.2.